The molecule has 0 rings (SSSR count). The highest BCUT2D eigenvalue weighted by Gasteiger charge is 1.93. The van der Waals surface area contributed by atoms with Crippen LogP contribution in [0.3, 0.4) is 0 Å². The van der Waals surface area contributed by atoms with Gasteiger partial charge in [0.1, 0.15) is 0 Å². The Hall–Kier alpha value is -0.920. The molecule has 0 fully saturated rings. The van der Waals surface area contributed by atoms with Crippen LogP contribution >= 0.6 is 0 Å². The van der Waals surface area contributed by atoms with Crippen LogP contribution in [-0.2, 0) is 0 Å². The summed E-state index contributed by atoms with van der Waals surface area (Å²) in [4.78, 5) is 0. The van der Waals surface area contributed by atoms with E-state index in [0.717, 1.165) is 0 Å². The first kappa shape index (κ1) is 8.08. The molecule has 0 amide bonds. The molecule has 0 spiro atoms. The van der Waals surface area contributed by atoms with Gasteiger partial charge in [0.25, 0.3) is 0 Å². The van der Waals surface area contributed by atoms with E-state index in [0.29, 0.717) is 0 Å². The van der Waals surface area contributed by atoms with Crippen LogP contribution in [-0.4, -0.2) is 10.2 Å². The lowest BCUT2D eigenvalue weighted by Crippen LogP contribution is -1.84. The van der Waals surface area contributed by atoms with Gasteiger partial charge in [-0.05, 0) is 26.0 Å². The summed E-state index contributed by atoms with van der Waals surface area (Å²) in [5.74, 6) is 0.399. The number of hydrogen-bond acceptors (Lipinski definition) is 2. The van der Waals surface area contributed by atoms with E-state index in [4.69, 9.17) is 10.2 Å². The third kappa shape index (κ3) is 3.64. The Bertz CT molecular complexity index is 118. The molecule has 2 N–H and O–H groups in total. The minimum atomic E-state index is 0.200. The van der Waals surface area contributed by atoms with Gasteiger partial charge in [-0.2, -0.15) is 0 Å². The van der Waals surface area contributed by atoms with Crippen molar-refractivity contribution in [2.24, 2.45) is 0 Å². The zero-order valence-corrected chi connectivity index (χ0v) is 5.76. The average Bonchev–Trinajstić information content (AvgIpc) is 1.87. The fourth-order valence-corrected chi connectivity index (χ4v) is 0.390. The topological polar surface area (TPSA) is 40.5 Å². The number of aliphatic hydroxyl groups is 2. The van der Waals surface area contributed by atoms with E-state index in [2.05, 4.69) is 0 Å². The molecule has 0 saturated heterocycles. The zero-order chi connectivity index (χ0) is 7.28. The van der Waals surface area contributed by atoms with E-state index >= 15 is 0 Å². The molecule has 2 nitrogen and oxygen atoms in total. The molecular weight excluding hydrogens is 116 g/mol. The molecule has 0 bridgehead atoms. The first-order valence-corrected chi connectivity index (χ1v) is 2.89. The Labute approximate surface area is 55.1 Å². The van der Waals surface area contributed by atoms with Crippen LogP contribution < -0.4 is 0 Å². The van der Waals surface area contributed by atoms with Gasteiger partial charge in [0.2, 0.25) is 0 Å². The Kier molecular flexibility index (Phi) is 3.60. The predicted molar refractivity (Wildman–Crippen MR) is 37.4 cm³/mol. The lowest BCUT2D eigenvalue weighted by molar-refractivity contribution is 0.341. The number of aliphatic hydroxyl groups excluding tert-OH is 2. The maximum atomic E-state index is 8.82. The molecule has 0 unspecified atom stereocenters. The van der Waals surface area contributed by atoms with Crippen molar-refractivity contribution in [3.8, 4) is 0 Å². The summed E-state index contributed by atoms with van der Waals surface area (Å²) >= 11 is 0. The Morgan fingerprint density at radius 3 is 1.67 bits per heavy atom. The minimum Gasteiger partial charge on any atom is -0.512 e. The highest BCUT2D eigenvalue weighted by molar-refractivity contribution is 5.01. The lowest BCUT2D eigenvalue weighted by Gasteiger charge is -1.95. The summed E-state index contributed by atoms with van der Waals surface area (Å²) in [6.07, 6.45) is 3.35. The molecule has 52 valence electrons. The van der Waals surface area contributed by atoms with Crippen LogP contribution in [0, 0.1) is 0 Å². The summed E-state index contributed by atoms with van der Waals surface area (Å²) in [6, 6.07) is 0. The highest BCUT2D eigenvalue weighted by atomic mass is 16.3. The van der Waals surface area contributed by atoms with Crippen molar-refractivity contribution in [3.63, 3.8) is 0 Å². The van der Waals surface area contributed by atoms with E-state index in [1.54, 1.807) is 26.0 Å². The predicted octanol–water partition coefficient (Wildman–Crippen LogP) is 2.30. The van der Waals surface area contributed by atoms with Crippen LogP contribution in [0.25, 0.3) is 0 Å². The van der Waals surface area contributed by atoms with Crippen molar-refractivity contribution in [3.05, 3.63) is 23.7 Å². The fourth-order valence-electron chi connectivity index (χ4n) is 0.390. The maximum Gasteiger partial charge on any atom is 0.0955 e. The lowest BCUT2D eigenvalue weighted by atomic mass is 10.3. The molecule has 0 aromatic carbocycles. The zero-order valence-electron chi connectivity index (χ0n) is 5.76. The van der Waals surface area contributed by atoms with Crippen LogP contribution in [0.5, 0.6) is 0 Å². The molecule has 2 heteroatoms. The van der Waals surface area contributed by atoms with Crippen LogP contribution in [0.2, 0.25) is 0 Å². The molecule has 0 saturated carbocycles. The molecule has 0 aliphatic heterocycles. The van der Waals surface area contributed by atoms with Crippen molar-refractivity contribution in [1.82, 2.24) is 0 Å². The van der Waals surface area contributed by atoms with Crippen LogP contribution in [0.15, 0.2) is 23.7 Å². The summed E-state index contributed by atoms with van der Waals surface area (Å²) in [6.45, 7) is 3.44. The Morgan fingerprint density at radius 1 is 1.11 bits per heavy atom. The molecule has 0 aromatic rings. The first-order chi connectivity index (χ1) is 4.20. The van der Waals surface area contributed by atoms with Crippen molar-refractivity contribution >= 4 is 0 Å². The largest absolute Gasteiger partial charge is 0.512 e. The van der Waals surface area contributed by atoms with Crippen molar-refractivity contribution in [2.45, 2.75) is 20.3 Å². The quantitative estimate of drug-likeness (QED) is 0.560. The molecule has 0 aromatic heterocycles. The van der Waals surface area contributed by atoms with E-state index in [9.17, 15) is 0 Å². The smallest absolute Gasteiger partial charge is 0.0955 e. The minimum absolute atomic E-state index is 0.200. The second-order valence-electron chi connectivity index (χ2n) is 1.74. The van der Waals surface area contributed by atoms with Crippen molar-refractivity contribution < 1.29 is 10.2 Å². The summed E-state index contributed by atoms with van der Waals surface area (Å²) in [7, 11) is 0. The summed E-state index contributed by atoms with van der Waals surface area (Å²) < 4.78 is 0. The molecule has 0 heterocycles. The van der Waals surface area contributed by atoms with Crippen LogP contribution in [0.4, 0.5) is 0 Å². The number of hydrogen-bond donors (Lipinski definition) is 2. The van der Waals surface area contributed by atoms with Gasteiger partial charge in [0.15, 0.2) is 0 Å². The van der Waals surface area contributed by atoms with Crippen molar-refractivity contribution in [2.75, 3.05) is 0 Å². The average molecular weight is 128 g/mol. The fraction of sp³-hybridized carbons (Fsp3) is 0.429. The number of allylic oxidation sites excluding steroid dienone is 2. The van der Waals surface area contributed by atoms with Gasteiger partial charge in [-0.3, -0.25) is 0 Å². The normalized spacial score (nSPS) is 14.0. The SMILES string of the molecule is CC=C(O)CC(O)=CC. The first-order valence-electron chi connectivity index (χ1n) is 2.89. The maximum absolute atomic E-state index is 8.82. The monoisotopic (exact) mass is 128 g/mol. The van der Waals surface area contributed by atoms with Gasteiger partial charge in [-0.15, -0.1) is 0 Å². The molecule has 0 radical (unpaired) electrons. The van der Waals surface area contributed by atoms with Gasteiger partial charge in [0.05, 0.1) is 17.9 Å². The van der Waals surface area contributed by atoms with E-state index < -0.39 is 0 Å². The van der Waals surface area contributed by atoms with Crippen LogP contribution in [0.1, 0.15) is 20.3 Å². The van der Waals surface area contributed by atoms with E-state index in [1.807, 2.05) is 0 Å². The summed E-state index contributed by atoms with van der Waals surface area (Å²) in [5.41, 5.74) is 0. The molecule has 0 aliphatic carbocycles. The van der Waals surface area contributed by atoms with E-state index in [1.165, 1.54) is 0 Å². The third-order valence-corrected chi connectivity index (χ3v) is 1.03. The van der Waals surface area contributed by atoms with E-state index in [-0.39, 0.29) is 17.9 Å². The second kappa shape index (κ2) is 4.01. The van der Waals surface area contributed by atoms with Gasteiger partial charge in [-0.25, -0.2) is 0 Å². The number of rotatable bonds is 2. The Morgan fingerprint density at radius 2 is 1.44 bits per heavy atom. The van der Waals surface area contributed by atoms with Gasteiger partial charge >= 0.3 is 0 Å². The standard InChI is InChI=1S/C7H12O2/c1-3-6(8)5-7(9)4-2/h3-4,8-9H,5H2,1-2H3. The third-order valence-electron chi connectivity index (χ3n) is 1.03. The molecule has 0 aliphatic rings. The van der Waals surface area contributed by atoms with Crippen molar-refractivity contribution in [1.29, 1.82) is 0 Å². The molecular formula is C7H12O2. The molecule has 9 heavy (non-hydrogen) atoms. The Balaban J connectivity index is 3.75. The van der Waals surface area contributed by atoms with Gasteiger partial charge in [-0.1, -0.05) is 0 Å². The van der Waals surface area contributed by atoms with Gasteiger partial charge < -0.3 is 10.2 Å². The summed E-state index contributed by atoms with van der Waals surface area (Å²) in [5, 5.41) is 17.6. The second-order valence-corrected chi connectivity index (χ2v) is 1.74. The molecule has 0 atom stereocenters. The van der Waals surface area contributed by atoms with Gasteiger partial charge in [0, 0.05) is 0 Å². The highest BCUT2D eigenvalue weighted by Crippen LogP contribution is 2.03.